The summed E-state index contributed by atoms with van der Waals surface area (Å²) in [5.41, 5.74) is 1.30. The predicted octanol–water partition coefficient (Wildman–Crippen LogP) is 3.08. The van der Waals surface area contributed by atoms with E-state index in [1.54, 1.807) is 19.2 Å². The first-order valence-corrected chi connectivity index (χ1v) is 12.7. The van der Waals surface area contributed by atoms with E-state index in [-0.39, 0.29) is 22.8 Å². The monoisotopic (exact) mass is 504 g/mol. The van der Waals surface area contributed by atoms with Gasteiger partial charge in [0.1, 0.15) is 11.8 Å². The molecule has 0 saturated heterocycles. The van der Waals surface area contributed by atoms with Gasteiger partial charge in [0.15, 0.2) is 10.7 Å². The number of hydrogen-bond donors (Lipinski definition) is 2. The molecule has 2 N–H and O–H groups in total. The van der Waals surface area contributed by atoms with E-state index < -0.39 is 27.7 Å². The van der Waals surface area contributed by atoms with E-state index in [4.69, 9.17) is 9.15 Å². The van der Waals surface area contributed by atoms with Crippen LogP contribution in [0.1, 0.15) is 20.3 Å². The number of oxazole rings is 1. The zero-order valence-corrected chi connectivity index (χ0v) is 20.6. The van der Waals surface area contributed by atoms with Crippen LogP contribution < -0.4 is 20.5 Å². The van der Waals surface area contributed by atoms with Crippen molar-refractivity contribution in [3.63, 3.8) is 0 Å². The number of anilines is 1. The third-order valence-corrected chi connectivity index (χ3v) is 7.62. The van der Waals surface area contributed by atoms with Crippen molar-refractivity contribution in [1.82, 2.24) is 14.3 Å². The maximum Gasteiger partial charge on any atom is 0.419 e. The number of rotatable bonds is 8. The van der Waals surface area contributed by atoms with Crippen LogP contribution in [0.5, 0.6) is 5.75 Å². The third kappa shape index (κ3) is 4.83. The van der Waals surface area contributed by atoms with E-state index >= 15 is 0 Å². The molecule has 12 heteroatoms. The summed E-state index contributed by atoms with van der Waals surface area (Å²) in [6, 6.07) is 8.46. The number of thiazole rings is 1. The van der Waals surface area contributed by atoms with Gasteiger partial charge in [-0.15, -0.1) is 0 Å². The van der Waals surface area contributed by atoms with Crippen LogP contribution in [0.3, 0.4) is 0 Å². The molecule has 0 aliphatic heterocycles. The Morgan fingerprint density at radius 2 is 2.00 bits per heavy atom. The molecule has 0 bridgehead atoms. The molecule has 2 aromatic carbocycles. The average Bonchev–Trinajstić information content (AvgIpc) is 3.31. The summed E-state index contributed by atoms with van der Waals surface area (Å²) in [7, 11) is -0.991. The zero-order chi connectivity index (χ0) is 24.6. The van der Waals surface area contributed by atoms with Crippen molar-refractivity contribution in [1.29, 1.82) is 0 Å². The summed E-state index contributed by atoms with van der Waals surface area (Å²) in [5, 5.41) is 3.08. The van der Waals surface area contributed by atoms with Gasteiger partial charge in [-0.05, 0) is 42.7 Å². The van der Waals surface area contributed by atoms with Gasteiger partial charge in [-0.3, -0.25) is 9.36 Å². The Hall–Kier alpha value is -3.22. The number of ether oxygens (including phenoxy) is 1. The van der Waals surface area contributed by atoms with Crippen LogP contribution in [-0.4, -0.2) is 37.0 Å². The molecule has 2 aromatic heterocycles. The second kappa shape index (κ2) is 9.20. The summed E-state index contributed by atoms with van der Waals surface area (Å²) in [5.74, 6) is -0.406. The van der Waals surface area contributed by atoms with Crippen LogP contribution in [0, 0.1) is 5.92 Å². The summed E-state index contributed by atoms with van der Waals surface area (Å²) in [6.07, 6.45) is 0.270. The minimum atomic E-state index is -4.09. The van der Waals surface area contributed by atoms with Gasteiger partial charge in [0.2, 0.25) is 15.9 Å². The molecule has 0 spiro atoms. The number of methoxy groups -OCH3 is 1. The summed E-state index contributed by atoms with van der Waals surface area (Å²) >= 11 is 1.27. The highest BCUT2D eigenvalue weighted by Gasteiger charge is 2.28. The molecule has 4 aromatic rings. The van der Waals surface area contributed by atoms with E-state index in [0.717, 1.165) is 4.70 Å². The van der Waals surface area contributed by atoms with Crippen LogP contribution in [0.15, 0.2) is 50.5 Å². The largest absolute Gasteiger partial charge is 0.497 e. The van der Waals surface area contributed by atoms with E-state index in [1.807, 2.05) is 19.9 Å². The van der Waals surface area contributed by atoms with Crippen molar-refractivity contribution >= 4 is 53.7 Å². The number of benzene rings is 2. The minimum Gasteiger partial charge on any atom is -0.497 e. The zero-order valence-electron chi connectivity index (χ0n) is 19.0. The molecule has 0 unspecified atom stereocenters. The molecule has 1 amide bonds. The SMILES string of the molecule is COc1ccc2nc(NC(=O)[C@@H](CC(C)C)NS(=O)(=O)c3ccc4c(c3)oc(=O)n4C)sc2c1. The van der Waals surface area contributed by atoms with Crippen LogP contribution >= 0.6 is 11.3 Å². The van der Waals surface area contributed by atoms with Gasteiger partial charge in [-0.25, -0.2) is 18.2 Å². The van der Waals surface area contributed by atoms with Crippen LogP contribution in [0.25, 0.3) is 21.3 Å². The number of nitrogens with zero attached hydrogens (tertiary/aromatic N) is 2. The lowest BCUT2D eigenvalue weighted by Crippen LogP contribution is -2.44. The fourth-order valence-corrected chi connectivity index (χ4v) is 5.62. The predicted molar refractivity (Wildman–Crippen MR) is 130 cm³/mol. The number of aryl methyl sites for hydroxylation is 1. The molecule has 0 radical (unpaired) electrons. The molecule has 4 rings (SSSR count). The first kappa shape index (κ1) is 23.9. The summed E-state index contributed by atoms with van der Waals surface area (Å²) in [4.78, 5) is 29.1. The Kier molecular flexibility index (Phi) is 6.47. The van der Waals surface area contributed by atoms with Crippen LogP contribution in [0.2, 0.25) is 0 Å². The fraction of sp³-hybridized carbons (Fsp3) is 0.318. The van der Waals surface area contributed by atoms with Gasteiger partial charge in [-0.2, -0.15) is 4.72 Å². The number of carbonyl (C=O) groups excluding carboxylic acids is 1. The lowest BCUT2D eigenvalue weighted by molar-refractivity contribution is -0.118. The molecule has 180 valence electrons. The normalized spacial score (nSPS) is 13.0. The number of carbonyl (C=O) groups is 1. The second-order valence-electron chi connectivity index (χ2n) is 8.20. The summed E-state index contributed by atoms with van der Waals surface area (Å²) in [6.45, 7) is 3.78. The lowest BCUT2D eigenvalue weighted by Gasteiger charge is -2.19. The van der Waals surface area contributed by atoms with Crippen molar-refractivity contribution in [3.05, 3.63) is 46.9 Å². The number of amides is 1. The highest BCUT2D eigenvalue weighted by Crippen LogP contribution is 2.29. The Morgan fingerprint density at radius 3 is 2.71 bits per heavy atom. The Bertz CT molecular complexity index is 1530. The number of fused-ring (bicyclic) bond motifs is 2. The Labute approximate surface area is 199 Å². The Balaban J connectivity index is 1.58. The van der Waals surface area contributed by atoms with Crippen molar-refractivity contribution in [2.24, 2.45) is 13.0 Å². The van der Waals surface area contributed by atoms with E-state index in [1.165, 1.54) is 41.2 Å². The van der Waals surface area contributed by atoms with E-state index in [0.29, 0.717) is 21.9 Å². The van der Waals surface area contributed by atoms with Gasteiger partial charge in [-0.1, -0.05) is 25.2 Å². The fourth-order valence-electron chi connectivity index (χ4n) is 3.49. The highest BCUT2D eigenvalue weighted by atomic mass is 32.2. The van der Waals surface area contributed by atoms with E-state index in [9.17, 15) is 18.0 Å². The second-order valence-corrected chi connectivity index (χ2v) is 10.9. The maximum absolute atomic E-state index is 13.1. The first-order chi connectivity index (χ1) is 16.1. The van der Waals surface area contributed by atoms with Gasteiger partial charge >= 0.3 is 5.76 Å². The molecular weight excluding hydrogens is 480 g/mol. The third-order valence-electron chi connectivity index (χ3n) is 5.22. The molecule has 1 atom stereocenters. The van der Waals surface area contributed by atoms with Crippen LogP contribution in [0.4, 0.5) is 5.13 Å². The molecule has 0 aliphatic rings. The van der Waals surface area contributed by atoms with Crippen LogP contribution in [-0.2, 0) is 21.9 Å². The smallest absolute Gasteiger partial charge is 0.419 e. The molecule has 0 saturated carbocycles. The highest BCUT2D eigenvalue weighted by molar-refractivity contribution is 7.89. The van der Waals surface area contributed by atoms with Gasteiger partial charge in [0.05, 0.1) is 27.7 Å². The first-order valence-electron chi connectivity index (χ1n) is 10.4. The Morgan fingerprint density at radius 1 is 1.24 bits per heavy atom. The standard InChI is InChI=1S/C22H24N4O6S2/c1-12(2)9-16(20(27)24-21-23-15-7-5-13(31-4)10-19(15)33-21)25-34(29,30)14-6-8-17-18(11-14)32-22(28)26(17)3/h5-8,10-12,16,25H,9H2,1-4H3,(H,23,24,27)/t16-/m1/s1. The van der Waals surface area contributed by atoms with Gasteiger partial charge < -0.3 is 14.5 Å². The number of nitrogens with one attached hydrogen (secondary N) is 2. The number of sulfonamides is 1. The topological polar surface area (TPSA) is 133 Å². The van der Waals surface area contributed by atoms with Crippen molar-refractivity contribution in [2.75, 3.05) is 12.4 Å². The molecule has 0 aliphatic carbocycles. The molecule has 0 fully saturated rings. The molecule has 2 heterocycles. The van der Waals surface area contributed by atoms with Gasteiger partial charge in [0.25, 0.3) is 0 Å². The number of hydrogen-bond acceptors (Lipinski definition) is 8. The quantitative estimate of drug-likeness (QED) is 0.377. The van der Waals surface area contributed by atoms with Crippen molar-refractivity contribution in [2.45, 2.75) is 31.2 Å². The lowest BCUT2D eigenvalue weighted by atomic mass is 10.0. The maximum atomic E-state index is 13.1. The molecular formula is C22H24N4O6S2. The minimum absolute atomic E-state index is 0.0349. The van der Waals surface area contributed by atoms with Gasteiger partial charge in [0, 0.05) is 13.1 Å². The molecule has 34 heavy (non-hydrogen) atoms. The van der Waals surface area contributed by atoms with Crippen molar-refractivity contribution in [3.8, 4) is 5.75 Å². The molecule has 10 nitrogen and oxygen atoms in total. The summed E-state index contributed by atoms with van der Waals surface area (Å²) < 4.78 is 41.1. The average molecular weight is 505 g/mol. The van der Waals surface area contributed by atoms with Crippen molar-refractivity contribution < 1.29 is 22.4 Å². The van der Waals surface area contributed by atoms with E-state index in [2.05, 4.69) is 15.0 Å². The number of aromatic nitrogens is 2.